The van der Waals surface area contributed by atoms with Crippen molar-refractivity contribution in [3.05, 3.63) is 76.7 Å². The molecule has 0 spiro atoms. The summed E-state index contributed by atoms with van der Waals surface area (Å²) in [6, 6.07) is 11.1. The van der Waals surface area contributed by atoms with Crippen LogP contribution in [-0.4, -0.2) is 76.2 Å². The van der Waals surface area contributed by atoms with Crippen molar-refractivity contribution in [3.8, 4) is 0 Å². The van der Waals surface area contributed by atoms with Crippen LogP contribution in [0.4, 0.5) is 0 Å². The number of benzene rings is 1. The van der Waals surface area contributed by atoms with Crippen LogP contribution in [0.15, 0.2) is 54.2 Å². The average molecular weight is 463 g/mol. The van der Waals surface area contributed by atoms with E-state index in [1.54, 1.807) is 53.9 Å². The zero-order valence-corrected chi connectivity index (χ0v) is 19.5. The molecule has 1 fully saturated rings. The molecule has 0 bridgehead atoms. The maximum absolute atomic E-state index is 13.2. The zero-order valence-electron chi connectivity index (χ0n) is 19.5. The molecule has 0 aliphatic carbocycles. The van der Waals surface area contributed by atoms with Gasteiger partial charge >= 0.3 is 5.97 Å². The van der Waals surface area contributed by atoms with Gasteiger partial charge in [0.25, 0.3) is 11.7 Å². The number of aryl methyl sites for hydroxylation is 1. The Kier molecular flexibility index (Phi) is 6.21. The van der Waals surface area contributed by atoms with Crippen LogP contribution in [0.3, 0.4) is 0 Å². The molecule has 0 saturated carbocycles. The van der Waals surface area contributed by atoms with E-state index in [0.29, 0.717) is 34.7 Å². The van der Waals surface area contributed by atoms with Gasteiger partial charge in [0.1, 0.15) is 11.3 Å². The summed E-state index contributed by atoms with van der Waals surface area (Å²) >= 11 is 0. The molecule has 1 saturated heterocycles. The zero-order chi connectivity index (χ0) is 24.6. The summed E-state index contributed by atoms with van der Waals surface area (Å²) in [5.41, 5.74) is 2.43. The molecule has 1 aliphatic heterocycles. The van der Waals surface area contributed by atoms with Gasteiger partial charge < -0.3 is 19.6 Å². The summed E-state index contributed by atoms with van der Waals surface area (Å²) in [5, 5.41) is 11.4. The second-order valence-electron chi connectivity index (χ2n) is 8.38. The highest BCUT2D eigenvalue weighted by Crippen LogP contribution is 2.40. The Balaban J connectivity index is 1.89. The number of hydrogen-bond donors (Lipinski definition) is 1. The minimum atomic E-state index is -0.819. The highest BCUT2D eigenvalue weighted by molar-refractivity contribution is 6.46. The summed E-state index contributed by atoms with van der Waals surface area (Å²) < 4.78 is 6.45. The number of nitrogens with zero attached hydrogens (tertiary/aromatic N) is 4. The fourth-order valence-electron chi connectivity index (χ4n) is 4.21. The third kappa shape index (κ3) is 3.94. The van der Waals surface area contributed by atoms with E-state index in [2.05, 4.69) is 4.98 Å². The summed E-state index contributed by atoms with van der Waals surface area (Å²) in [4.78, 5) is 46.0. The van der Waals surface area contributed by atoms with E-state index in [1.165, 1.54) is 12.0 Å². The minimum Gasteiger partial charge on any atom is -0.505 e. The number of ether oxygens (including phenoxy) is 1. The SMILES string of the molecule is COC(=O)c1ccc([C@H]2C(=C(O)c3c(C)nc4ccccn34)C(=O)C(=O)N2CCN(C)C)cc1. The van der Waals surface area contributed by atoms with E-state index in [0.717, 1.165) is 0 Å². The number of methoxy groups -OCH3 is 1. The number of carbonyl (C=O) groups excluding carboxylic acids is 3. The van der Waals surface area contributed by atoms with Crippen LogP contribution in [0.25, 0.3) is 11.4 Å². The number of carbonyl (C=O) groups is 3. The van der Waals surface area contributed by atoms with Crippen LogP contribution in [0.1, 0.15) is 33.4 Å². The highest BCUT2D eigenvalue weighted by Gasteiger charge is 2.46. The quantitative estimate of drug-likeness (QED) is 0.260. The number of aromatic nitrogens is 2. The first-order chi connectivity index (χ1) is 16.2. The predicted octanol–water partition coefficient (Wildman–Crippen LogP) is 2.41. The number of aliphatic hydroxyl groups excluding tert-OH is 1. The molecule has 1 aliphatic rings. The lowest BCUT2D eigenvalue weighted by Crippen LogP contribution is -2.35. The Morgan fingerprint density at radius 1 is 1.15 bits per heavy atom. The first-order valence-corrected chi connectivity index (χ1v) is 10.8. The lowest BCUT2D eigenvalue weighted by Gasteiger charge is -2.26. The second kappa shape index (κ2) is 9.11. The standard InChI is InChI=1S/C25H26N4O5/c1-15-20(28-12-6-5-7-18(28)26-15)22(30)19-21(16-8-10-17(11-9-16)25(33)34-4)29(14-13-27(2)3)24(32)23(19)31/h5-12,21,30H,13-14H2,1-4H3/t21-/m0/s1. The third-order valence-corrected chi connectivity index (χ3v) is 5.90. The van der Waals surface area contributed by atoms with Crippen molar-refractivity contribution in [3.63, 3.8) is 0 Å². The van der Waals surface area contributed by atoms with E-state index in [4.69, 9.17) is 4.74 Å². The summed E-state index contributed by atoms with van der Waals surface area (Å²) in [6.45, 7) is 2.55. The second-order valence-corrected chi connectivity index (χ2v) is 8.38. The number of amides is 1. The lowest BCUT2D eigenvalue weighted by atomic mass is 9.95. The molecule has 9 nitrogen and oxygen atoms in total. The van der Waals surface area contributed by atoms with Gasteiger partial charge in [-0.05, 0) is 50.8 Å². The van der Waals surface area contributed by atoms with Crippen LogP contribution >= 0.6 is 0 Å². The minimum absolute atomic E-state index is 0.0108. The van der Waals surface area contributed by atoms with Gasteiger partial charge in [0.15, 0.2) is 5.76 Å². The van der Waals surface area contributed by atoms with Gasteiger partial charge in [-0.1, -0.05) is 18.2 Å². The van der Waals surface area contributed by atoms with Crippen molar-refractivity contribution < 1.29 is 24.2 Å². The van der Waals surface area contributed by atoms with Gasteiger partial charge in [-0.3, -0.25) is 14.0 Å². The number of imidazole rings is 1. The molecule has 1 N–H and O–H groups in total. The van der Waals surface area contributed by atoms with E-state index in [1.807, 2.05) is 25.1 Å². The van der Waals surface area contributed by atoms with Crippen molar-refractivity contribution >= 4 is 29.1 Å². The first kappa shape index (κ1) is 23.2. The molecule has 0 unspecified atom stereocenters. The van der Waals surface area contributed by atoms with Gasteiger partial charge in [-0.2, -0.15) is 0 Å². The van der Waals surface area contributed by atoms with E-state index >= 15 is 0 Å². The van der Waals surface area contributed by atoms with Crippen LogP contribution < -0.4 is 0 Å². The molecule has 3 heterocycles. The van der Waals surface area contributed by atoms with Crippen molar-refractivity contribution in [2.24, 2.45) is 0 Å². The molecule has 176 valence electrons. The largest absolute Gasteiger partial charge is 0.505 e. The predicted molar refractivity (Wildman–Crippen MR) is 125 cm³/mol. The van der Waals surface area contributed by atoms with Gasteiger partial charge in [0.2, 0.25) is 0 Å². The Bertz CT molecular complexity index is 1310. The van der Waals surface area contributed by atoms with Crippen LogP contribution in [0, 0.1) is 6.92 Å². The van der Waals surface area contributed by atoms with Crippen molar-refractivity contribution in [1.82, 2.24) is 19.2 Å². The van der Waals surface area contributed by atoms with E-state index in [-0.39, 0.29) is 17.9 Å². The molecule has 9 heteroatoms. The number of esters is 1. The molecule has 34 heavy (non-hydrogen) atoms. The van der Waals surface area contributed by atoms with Crippen molar-refractivity contribution in [2.45, 2.75) is 13.0 Å². The molecular formula is C25H26N4O5. The van der Waals surface area contributed by atoms with Gasteiger partial charge in [0, 0.05) is 19.3 Å². The molecule has 4 rings (SSSR count). The molecule has 0 radical (unpaired) electrons. The number of likely N-dealkylation sites (tertiary alicyclic amines) is 1. The monoisotopic (exact) mass is 462 g/mol. The topological polar surface area (TPSA) is 104 Å². The lowest BCUT2D eigenvalue weighted by molar-refractivity contribution is -0.140. The molecule has 3 aromatic rings. The molecule has 1 aromatic carbocycles. The van der Waals surface area contributed by atoms with Gasteiger partial charge in [-0.15, -0.1) is 0 Å². The maximum atomic E-state index is 13.2. The normalized spacial score (nSPS) is 17.7. The van der Waals surface area contributed by atoms with E-state index < -0.39 is 23.7 Å². The fourth-order valence-corrected chi connectivity index (χ4v) is 4.21. The molecule has 1 atom stereocenters. The Morgan fingerprint density at radius 3 is 2.50 bits per heavy atom. The number of fused-ring (bicyclic) bond motifs is 1. The summed E-state index contributed by atoms with van der Waals surface area (Å²) in [7, 11) is 5.04. The Morgan fingerprint density at radius 2 is 1.85 bits per heavy atom. The van der Waals surface area contributed by atoms with E-state index in [9.17, 15) is 19.5 Å². The van der Waals surface area contributed by atoms with Crippen molar-refractivity contribution in [1.29, 1.82) is 0 Å². The number of likely N-dealkylation sites (N-methyl/N-ethyl adjacent to an activating group) is 1. The summed E-state index contributed by atoms with van der Waals surface area (Å²) in [6.07, 6.45) is 1.74. The maximum Gasteiger partial charge on any atom is 0.337 e. The first-order valence-electron chi connectivity index (χ1n) is 10.8. The Hall–Kier alpha value is -3.98. The van der Waals surface area contributed by atoms with Crippen LogP contribution in [0.5, 0.6) is 0 Å². The number of ketones is 1. The van der Waals surface area contributed by atoms with Crippen molar-refractivity contribution in [2.75, 3.05) is 34.3 Å². The van der Waals surface area contributed by atoms with Crippen LogP contribution in [0.2, 0.25) is 0 Å². The number of Topliss-reactive ketones (excluding diaryl/α,β-unsaturated/α-hetero) is 1. The number of hydrogen-bond acceptors (Lipinski definition) is 7. The molecular weight excluding hydrogens is 436 g/mol. The number of pyridine rings is 1. The summed E-state index contributed by atoms with van der Waals surface area (Å²) in [5.74, 6) is -2.22. The third-order valence-electron chi connectivity index (χ3n) is 5.90. The van der Waals surface area contributed by atoms with Gasteiger partial charge in [0.05, 0.1) is 30.0 Å². The highest BCUT2D eigenvalue weighted by atomic mass is 16.5. The van der Waals surface area contributed by atoms with Crippen LogP contribution in [-0.2, 0) is 14.3 Å². The molecule has 2 aromatic heterocycles. The molecule has 1 amide bonds. The number of rotatable bonds is 6. The number of aliphatic hydroxyl groups is 1. The Labute approximate surface area is 196 Å². The fraction of sp³-hybridized carbons (Fsp3) is 0.280. The smallest absolute Gasteiger partial charge is 0.337 e. The average Bonchev–Trinajstić information content (AvgIpc) is 3.29. The van der Waals surface area contributed by atoms with Gasteiger partial charge in [-0.25, -0.2) is 9.78 Å².